The van der Waals surface area contributed by atoms with Gasteiger partial charge in [0.1, 0.15) is 31.6 Å². The molecule has 0 fully saturated rings. The summed E-state index contributed by atoms with van der Waals surface area (Å²) in [5.74, 6) is -0.0816. The van der Waals surface area contributed by atoms with E-state index in [1.54, 1.807) is 118 Å². The quantitative estimate of drug-likeness (QED) is 0.0672. The zero-order valence-corrected chi connectivity index (χ0v) is 35.4. The molecule has 0 N–H and O–H groups in total. The number of esters is 4. The van der Waals surface area contributed by atoms with Crippen LogP contribution < -0.4 is 18.9 Å². The summed E-state index contributed by atoms with van der Waals surface area (Å²) in [5.41, 5.74) is 3.32. The van der Waals surface area contributed by atoms with Crippen molar-refractivity contribution in [3.05, 3.63) is 119 Å². The van der Waals surface area contributed by atoms with Gasteiger partial charge in [0.25, 0.3) is 0 Å². The Labute approximate surface area is 334 Å². The number of hydrogen-bond donors (Lipinski definition) is 0. The highest BCUT2D eigenvalue weighted by atomic mass is 79.9. The fraction of sp³-hybridized carbons (Fsp3) is 0.318. The number of hydrogen-bond acceptors (Lipinski definition) is 8. The maximum absolute atomic E-state index is 12.7. The Hall–Kier alpha value is -4.54. The molecular weight excluding hydrogens is 816 g/mol. The fourth-order valence-corrected chi connectivity index (χ4v) is 4.81. The molecule has 0 aliphatic heterocycles. The van der Waals surface area contributed by atoms with Crippen LogP contribution in [0.1, 0.15) is 91.5 Å². The Kier molecular flexibility index (Phi) is 12.9. The zero-order chi connectivity index (χ0) is 40.2. The molecule has 0 saturated heterocycles. The van der Waals surface area contributed by atoms with E-state index in [-0.39, 0.29) is 11.9 Å². The van der Waals surface area contributed by atoms with Gasteiger partial charge in [-0.15, -0.1) is 0 Å². The van der Waals surface area contributed by atoms with Gasteiger partial charge in [-0.3, -0.25) is 19.2 Å². The van der Waals surface area contributed by atoms with Crippen molar-refractivity contribution in [1.29, 1.82) is 0 Å². The summed E-state index contributed by atoms with van der Waals surface area (Å²) < 4.78 is 20.9. The normalized spacial score (nSPS) is 12.7. The maximum Gasteiger partial charge on any atom is 0.327 e. The largest absolute Gasteiger partial charge is 0.426 e. The Morgan fingerprint density at radius 2 is 0.537 bits per heavy atom. The topological polar surface area (TPSA) is 105 Å². The predicted octanol–water partition coefficient (Wildman–Crippen LogP) is 10.8. The maximum atomic E-state index is 12.7. The van der Waals surface area contributed by atoms with E-state index in [1.165, 1.54) is 0 Å². The van der Waals surface area contributed by atoms with E-state index in [0.717, 1.165) is 33.4 Å². The van der Waals surface area contributed by atoms with Crippen LogP contribution in [0.3, 0.4) is 0 Å². The van der Waals surface area contributed by atoms with E-state index < -0.39 is 31.4 Å². The van der Waals surface area contributed by atoms with Crippen LogP contribution in [0.15, 0.2) is 97.1 Å². The van der Waals surface area contributed by atoms with Crippen LogP contribution in [0.5, 0.6) is 23.0 Å². The Morgan fingerprint density at radius 1 is 0.352 bits per heavy atom. The molecule has 0 spiro atoms. The first-order valence-corrected chi connectivity index (χ1v) is 18.9. The lowest BCUT2D eigenvalue weighted by Crippen LogP contribution is -2.29. The van der Waals surface area contributed by atoms with Gasteiger partial charge in [-0.2, -0.15) is 0 Å². The van der Waals surface area contributed by atoms with Gasteiger partial charge in [-0.1, -0.05) is 80.4 Å². The van der Waals surface area contributed by atoms with E-state index in [1.807, 2.05) is 48.5 Å². The van der Waals surface area contributed by atoms with Gasteiger partial charge in [0, 0.05) is 0 Å². The van der Waals surface area contributed by atoms with Gasteiger partial charge < -0.3 is 18.9 Å². The first-order chi connectivity index (χ1) is 24.9. The van der Waals surface area contributed by atoms with Gasteiger partial charge >= 0.3 is 23.9 Å². The van der Waals surface area contributed by atoms with Gasteiger partial charge in [0.15, 0.2) is 0 Å². The van der Waals surface area contributed by atoms with Gasteiger partial charge in [0.2, 0.25) is 0 Å². The molecular formula is C44H46Br2O8. The second kappa shape index (κ2) is 16.4. The van der Waals surface area contributed by atoms with E-state index in [2.05, 4.69) is 31.9 Å². The summed E-state index contributed by atoms with van der Waals surface area (Å²) in [6, 6.07) is 28.8. The molecule has 0 saturated carbocycles. The van der Waals surface area contributed by atoms with Crippen LogP contribution >= 0.6 is 31.9 Å². The number of rotatable bonds is 10. The second-order valence-corrected chi connectivity index (χ2v) is 19.8. The van der Waals surface area contributed by atoms with Crippen LogP contribution in [0.2, 0.25) is 0 Å². The summed E-state index contributed by atoms with van der Waals surface area (Å²) in [5, 5.41) is 0. The number of ether oxygens (including phenoxy) is 4. The van der Waals surface area contributed by atoms with Crippen molar-refractivity contribution in [3.63, 3.8) is 0 Å². The molecule has 0 aliphatic rings. The van der Waals surface area contributed by atoms with E-state index in [4.69, 9.17) is 18.9 Å². The van der Waals surface area contributed by atoms with Crippen molar-refractivity contribution < 1.29 is 38.1 Å². The van der Waals surface area contributed by atoms with Crippen LogP contribution in [0.25, 0.3) is 11.1 Å². The minimum Gasteiger partial charge on any atom is -0.426 e. The molecule has 4 rings (SSSR count). The highest BCUT2D eigenvalue weighted by Crippen LogP contribution is 2.39. The highest BCUT2D eigenvalue weighted by Gasteiger charge is 2.28. The van der Waals surface area contributed by atoms with Crippen LogP contribution in [-0.4, -0.2) is 32.5 Å². The van der Waals surface area contributed by atoms with Crippen molar-refractivity contribution in [2.45, 2.75) is 77.9 Å². The minimum atomic E-state index is -0.875. The van der Waals surface area contributed by atoms with Crippen molar-refractivity contribution in [2.75, 3.05) is 0 Å². The molecule has 4 aromatic rings. The van der Waals surface area contributed by atoms with Crippen molar-refractivity contribution >= 4 is 66.9 Å². The molecule has 0 heterocycles. The van der Waals surface area contributed by atoms with Crippen molar-refractivity contribution in [2.24, 2.45) is 10.8 Å². The lowest BCUT2D eigenvalue weighted by atomic mass is 9.85. The Bertz CT molecular complexity index is 1720. The Balaban J connectivity index is 1.94. The van der Waals surface area contributed by atoms with Gasteiger partial charge in [0.05, 0.1) is 10.8 Å². The minimum absolute atomic E-state index is 0.361. The Morgan fingerprint density at radius 3 is 0.704 bits per heavy atom. The molecule has 284 valence electrons. The number of benzene rings is 4. The summed E-state index contributed by atoms with van der Waals surface area (Å²) in [7, 11) is 0. The smallest absolute Gasteiger partial charge is 0.327 e. The summed E-state index contributed by atoms with van der Waals surface area (Å²) in [6.45, 7) is 17.6. The first kappa shape index (κ1) is 42.2. The summed E-state index contributed by atoms with van der Waals surface area (Å²) in [4.78, 5) is 50.7. The molecule has 0 unspecified atom stereocenters. The van der Waals surface area contributed by atoms with Gasteiger partial charge in [-0.25, -0.2) is 0 Å². The molecule has 0 bridgehead atoms. The third kappa shape index (κ3) is 11.2. The molecule has 0 radical (unpaired) electrons. The fourth-order valence-electron chi connectivity index (χ4n) is 4.65. The average molecular weight is 863 g/mol. The number of carbonyl (C=O) groups excluding carboxylic acids is 4. The van der Waals surface area contributed by atoms with Gasteiger partial charge in [-0.05, 0) is 151 Å². The second-order valence-electron chi connectivity index (χ2n) is 15.9. The molecule has 0 aliphatic carbocycles. The zero-order valence-electron chi connectivity index (χ0n) is 32.3. The SMILES string of the molecule is CC(C)(C)C(=O)Oc1ccc(/C(=C(/c2ccc(OC(=O)C(C)(C)C)cc2)c2ccc(OC(=O)C(C)(C)Br)cc2)c2ccc(OC(=O)C(C)(C)Br)cc2)cc1. The standard InChI is InChI=1S/C44H46Br2O8/c1-41(2,3)37(47)51-31-19-11-27(12-20-31)35(29-15-23-33(24-16-29)53-39(49)43(7,8)45)36(28-13-21-32(22-14-28)52-38(48)42(4,5)6)30-17-25-34(26-18-30)54-40(50)44(9,10)46/h11-26H,1-10H3/b36-35+. The summed E-state index contributed by atoms with van der Waals surface area (Å²) >= 11 is 6.71. The third-order valence-corrected chi connectivity index (χ3v) is 8.51. The molecule has 10 heteroatoms. The van der Waals surface area contributed by atoms with E-state index in [0.29, 0.717) is 23.0 Å². The number of alkyl halides is 2. The lowest BCUT2D eigenvalue weighted by molar-refractivity contribution is -0.143. The summed E-state index contributed by atoms with van der Waals surface area (Å²) in [6.07, 6.45) is 0. The molecule has 0 aromatic heterocycles. The van der Waals surface area contributed by atoms with E-state index in [9.17, 15) is 19.2 Å². The molecule has 54 heavy (non-hydrogen) atoms. The number of halogens is 2. The first-order valence-electron chi connectivity index (χ1n) is 17.4. The van der Waals surface area contributed by atoms with Crippen molar-refractivity contribution in [1.82, 2.24) is 0 Å². The van der Waals surface area contributed by atoms with Crippen LogP contribution in [-0.2, 0) is 19.2 Å². The highest BCUT2D eigenvalue weighted by molar-refractivity contribution is 9.10. The molecule has 0 atom stereocenters. The predicted molar refractivity (Wildman–Crippen MR) is 218 cm³/mol. The average Bonchev–Trinajstić information content (AvgIpc) is 3.07. The monoisotopic (exact) mass is 860 g/mol. The van der Waals surface area contributed by atoms with Crippen LogP contribution in [0.4, 0.5) is 0 Å². The lowest BCUT2D eigenvalue weighted by Gasteiger charge is -2.21. The molecule has 0 amide bonds. The van der Waals surface area contributed by atoms with Crippen molar-refractivity contribution in [3.8, 4) is 23.0 Å². The molecule has 4 aromatic carbocycles. The number of carbonyl (C=O) groups is 4. The van der Waals surface area contributed by atoms with E-state index >= 15 is 0 Å². The third-order valence-electron chi connectivity index (χ3n) is 7.86. The van der Waals surface area contributed by atoms with Crippen LogP contribution in [0, 0.1) is 10.8 Å². The molecule has 8 nitrogen and oxygen atoms in total.